The maximum Gasteiger partial charge on any atom is 0.331 e. The van der Waals surface area contributed by atoms with Gasteiger partial charge in [0.05, 0.1) is 12.6 Å². The summed E-state index contributed by atoms with van der Waals surface area (Å²) in [6.45, 7) is 0.400. The molecule has 1 aromatic rings. The molecule has 0 aromatic heterocycles. The van der Waals surface area contributed by atoms with E-state index in [1.165, 1.54) is 0 Å². The average Bonchev–Trinajstić information content (AvgIpc) is 2.61. The number of carbonyl (C=O) groups excluding carboxylic acids is 1. The Morgan fingerprint density at radius 2 is 2.13 bits per heavy atom. The van der Waals surface area contributed by atoms with Crippen LogP contribution in [0.25, 0.3) is 0 Å². The zero-order valence-corrected chi connectivity index (χ0v) is 9.36. The van der Waals surface area contributed by atoms with E-state index in [1.807, 2.05) is 30.5 Å². The van der Waals surface area contributed by atoms with Crippen molar-refractivity contribution in [3.8, 4) is 6.19 Å². The first-order chi connectivity index (χ1) is 7.20. The molecule has 1 unspecified atom stereocenters. The Balaban J connectivity index is 2.18. The summed E-state index contributed by atoms with van der Waals surface area (Å²) < 4.78 is 0.993. The number of halogens is 1. The molecule has 1 N–H and O–H groups in total. The van der Waals surface area contributed by atoms with Gasteiger partial charge in [0.1, 0.15) is 0 Å². The number of hydrogen-bond acceptors (Lipinski definition) is 2. The maximum absolute atomic E-state index is 11.2. The molecular weight excluding hydrogens is 258 g/mol. The highest BCUT2D eigenvalue weighted by atomic mass is 79.9. The number of nitrogens with zero attached hydrogens (tertiary/aromatic N) is 2. The highest BCUT2D eigenvalue weighted by Crippen LogP contribution is 2.21. The van der Waals surface area contributed by atoms with Crippen molar-refractivity contribution in [3.63, 3.8) is 0 Å². The Kier molecular flexibility index (Phi) is 2.60. The fourth-order valence-electron chi connectivity index (χ4n) is 1.51. The largest absolute Gasteiger partial charge is 0.331 e. The van der Waals surface area contributed by atoms with Crippen LogP contribution in [-0.4, -0.2) is 17.5 Å². The molecule has 1 fully saturated rings. The molecule has 0 aliphatic carbocycles. The van der Waals surface area contributed by atoms with Gasteiger partial charge in [-0.1, -0.05) is 28.1 Å². The summed E-state index contributed by atoms with van der Waals surface area (Å²) in [6, 6.07) is 7.26. The van der Waals surface area contributed by atoms with Gasteiger partial charge < -0.3 is 5.32 Å². The Labute approximate surface area is 95.6 Å². The van der Waals surface area contributed by atoms with Crippen molar-refractivity contribution in [2.45, 2.75) is 6.04 Å². The molecule has 4 nitrogen and oxygen atoms in total. The smallest absolute Gasteiger partial charge is 0.328 e. The number of benzene rings is 1. The minimum Gasteiger partial charge on any atom is -0.328 e. The Morgan fingerprint density at radius 1 is 1.47 bits per heavy atom. The van der Waals surface area contributed by atoms with E-state index in [0.29, 0.717) is 6.54 Å². The van der Waals surface area contributed by atoms with Gasteiger partial charge in [-0.2, -0.15) is 5.26 Å². The number of nitrogens with one attached hydrogen (secondary N) is 1. The van der Waals surface area contributed by atoms with Crippen LogP contribution in [-0.2, 0) is 0 Å². The normalized spacial score (nSPS) is 19.9. The summed E-state index contributed by atoms with van der Waals surface area (Å²) in [5.74, 6) is 0. The predicted octanol–water partition coefficient (Wildman–Crippen LogP) is 2.00. The quantitative estimate of drug-likeness (QED) is 0.790. The molecule has 2 amide bonds. The van der Waals surface area contributed by atoms with Crippen molar-refractivity contribution in [3.05, 3.63) is 34.3 Å². The monoisotopic (exact) mass is 265 g/mol. The first kappa shape index (κ1) is 9.99. The number of rotatable bonds is 1. The molecule has 1 aromatic carbocycles. The van der Waals surface area contributed by atoms with Gasteiger partial charge in [0.25, 0.3) is 0 Å². The van der Waals surface area contributed by atoms with E-state index in [1.54, 1.807) is 0 Å². The Bertz CT molecular complexity index is 423. The van der Waals surface area contributed by atoms with E-state index >= 15 is 0 Å². The zero-order valence-electron chi connectivity index (χ0n) is 7.77. The third kappa shape index (κ3) is 1.95. The predicted molar refractivity (Wildman–Crippen MR) is 57.7 cm³/mol. The lowest BCUT2D eigenvalue weighted by Gasteiger charge is -2.08. The van der Waals surface area contributed by atoms with Gasteiger partial charge in [-0.25, -0.2) is 9.69 Å². The van der Waals surface area contributed by atoms with E-state index in [4.69, 9.17) is 5.26 Å². The summed E-state index contributed by atoms with van der Waals surface area (Å²) >= 11 is 3.34. The average molecular weight is 266 g/mol. The molecular formula is C10H8BrN3O. The van der Waals surface area contributed by atoms with E-state index in [9.17, 15) is 4.79 Å². The van der Waals surface area contributed by atoms with Crippen LogP contribution in [0.15, 0.2) is 28.7 Å². The number of amides is 2. The zero-order chi connectivity index (χ0) is 10.8. The molecule has 1 heterocycles. The van der Waals surface area contributed by atoms with Gasteiger partial charge >= 0.3 is 6.03 Å². The lowest BCUT2D eigenvalue weighted by Crippen LogP contribution is -2.23. The van der Waals surface area contributed by atoms with Crippen LogP contribution < -0.4 is 5.32 Å². The lowest BCUT2D eigenvalue weighted by molar-refractivity contribution is 0.232. The first-order valence-corrected chi connectivity index (χ1v) is 5.23. The number of hydrogen-bond donors (Lipinski definition) is 1. The number of urea groups is 1. The minimum absolute atomic E-state index is 0.0924. The SMILES string of the molecule is N#CN1CC(c2ccc(Br)cc2)NC1=O. The standard InChI is InChI=1S/C10H8BrN3O/c11-8-3-1-7(2-4-8)9-5-14(6-12)10(15)13-9/h1-4,9H,5H2,(H,13,15). The molecule has 1 aliphatic rings. The molecule has 1 saturated heterocycles. The van der Waals surface area contributed by atoms with Crippen molar-refractivity contribution < 1.29 is 4.79 Å². The van der Waals surface area contributed by atoms with Gasteiger partial charge in [0.2, 0.25) is 0 Å². The molecule has 76 valence electrons. The van der Waals surface area contributed by atoms with Crippen LogP contribution in [0.5, 0.6) is 0 Å². The van der Waals surface area contributed by atoms with Crippen molar-refractivity contribution in [2.24, 2.45) is 0 Å². The molecule has 5 heteroatoms. The van der Waals surface area contributed by atoms with Crippen molar-refractivity contribution >= 4 is 22.0 Å². The fourth-order valence-corrected chi connectivity index (χ4v) is 1.77. The van der Waals surface area contributed by atoms with Gasteiger partial charge in [-0.3, -0.25) is 0 Å². The van der Waals surface area contributed by atoms with Gasteiger partial charge in [0.15, 0.2) is 6.19 Å². The Morgan fingerprint density at radius 3 is 2.67 bits per heavy atom. The van der Waals surface area contributed by atoms with Crippen LogP contribution in [0.2, 0.25) is 0 Å². The van der Waals surface area contributed by atoms with Crippen LogP contribution >= 0.6 is 15.9 Å². The van der Waals surface area contributed by atoms with E-state index < -0.39 is 0 Å². The summed E-state index contributed by atoms with van der Waals surface area (Å²) in [5, 5.41) is 11.4. The molecule has 0 spiro atoms. The van der Waals surface area contributed by atoms with E-state index in [0.717, 1.165) is 14.9 Å². The molecule has 15 heavy (non-hydrogen) atoms. The maximum atomic E-state index is 11.2. The number of carbonyl (C=O) groups is 1. The third-order valence-electron chi connectivity index (χ3n) is 2.30. The van der Waals surface area contributed by atoms with Crippen molar-refractivity contribution in [1.29, 1.82) is 5.26 Å². The van der Waals surface area contributed by atoms with Crippen LogP contribution in [0, 0.1) is 11.5 Å². The molecule has 2 rings (SSSR count). The highest BCUT2D eigenvalue weighted by Gasteiger charge is 2.29. The van der Waals surface area contributed by atoms with Gasteiger partial charge in [0, 0.05) is 4.47 Å². The summed E-state index contributed by atoms with van der Waals surface area (Å²) in [5.41, 5.74) is 1.00. The summed E-state index contributed by atoms with van der Waals surface area (Å²) in [7, 11) is 0. The third-order valence-corrected chi connectivity index (χ3v) is 2.83. The van der Waals surface area contributed by atoms with Crippen LogP contribution in [0.4, 0.5) is 4.79 Å². The molecule has 0 saturated carbocycles. The molecule has 1 atom stereocenters. The second kappa shape index (κ2) is 3.91. The Hall–Kier alpha value is -1.54. The van der Waals surface area contributed by atoms with Gasteiger partial charge in [-0.15, -0.1) is 0 Å². The second-order valence-corrected chi connectivity index (χ2v) is 4.18. The van der Waals surface area contributed by atoms with Crippen molar-refractivity contribution in [2.75, 3.05) is 6.54 Å². The van der Waals surface area contributed by atoms with Gasteiger partial charge in [-0.05, 0) is 17.7 Å². The second-order valence-electron chi connectivity index (χ2n) is 3.26. The van der Waals surface area contributed by atoms with Crippen LogP contribution in [0.3, 0.4) is 0 Å². The van der Waals surface area contributed by atoms with Crippen LogP contribution in [0.1, 0.15) is 11.6 Å². The number of nitriles is 1. The van der Waals surface area contributed by atoms with Crippen molar-refractivity contribution in [1.82, 2.24) is 10.2 Å². The van der Waals surface area contributed by atoms with E-state index in [-0.39, 0.29) is 12.1 Å². The minimum atomic E-state index is -0.328. The molecule has 0 radical (unpaired) electrons. The van der Waals surface area contributed by atoms with E-state index in [2.05, 4.69) is 21.2 Å². The lowest BCUT2D eigenvalue weighted by atomic mass is 10.1. The molecule has 1 aliphatic heterocycles. The summed E-state index contributed by atoms with van der Waals surface area (Å²) in [4.78, 5) is 12.4. The fraction of sp³-hybridized carbons (Fsp3) is 0.200. The topological polar surface area (TPSA) is 56.1 Å². The highest BCUT2D eigenvalue weighted by molar-refractivity contribution is 9.10. The summed E-state index contributed by atoms with van der Waals surface area (Å²) in [6.07, 6.45) is 1.84. The molecule has 0 bridgehead atoms. The first-order valence-electron chi connectivity index (χ1n) is 4.44.